The van der Waals surface area contributed by atoms with Crippen LogP contribution in [0.5, 0.6) is 5.88 Å². The van der Waals surface area contributed by atoms with E-state index in [1.807, 2.05) is 6.07 Å². The summed E-state index contributed by atoms with van der Waals surface area (Å²) in [5, 5.41) is 11.8. The molecule has 1 fully saturated rings. The second-order valence-corrected chi connectivity index (χ2v) is 3.52. The molecule has 2 heterocycles. The van der Waals surface area contributed by atoms with Crippen molar-refractivity contribution in [1.29, 1.82) is 5.26 Å². The largest absolute Gasteiger partial charge is 0.476 e. The Labute approximate surface area is 88.1 Å². The Morgan fingerprint density at radius 1 is 1.53 bits per heavy atom. The van der Waals surface area contributed by atoms with Gasteiger partial charge in [0.2, 0.25) is 5.88 Å². The van der Waals surface area contributed by atoms with Crippen LogP contribution in [0.25, 0.3) is 0 Å². The van der Waals surface area contributed by atoms with Crippen LogP contribution in [0, 0.1) is 17.2 Å². The van der Waals surface area contributed by atoms with Crippen LogP contribution in [0.4, 0.5) is 0 Å². The second-order valence-electron chi connectivity index (χ2n) is 3.52. The molecule has 1 N–H and O–H groups in total. The van der Waals surface area contributed by atoms with Crippen molar-refractivity contribution in [2.45, 2.75) is 6.42 Å². The zero-order chi connectivity index (χ0) is 10.5. The minimum atomic E-state index is 0.310. The average Bonchev–Trinajstić information content (AvgIpc) is 2.80. The third kappa shape index (κ3) is 2.64. The van der Waals surface area contributed by atoms with Gasteiger partial charge in [-0.1, -0.05) is 0 Å². The van der Waals surface area contributed by atoms with Gasteiger partial charge in [0, 0.05) is 12.5 Å². The predicted octanol–water partition coefficient (Wildman–Crippen LogP) is 0.337. The van der Waals surface area contributed by atoms with E-state index >= 15 is 0 Å². The number of hydrogen-bond acceptors (Lipinski definition) is 5. The third-order valence-electron chi connectivity index (χ3n) is 2.37. The van der Waals surface area contributed by atoms with E-state index < -0.39 is 0 Å². The van der Waals surface area contributed by atoms with Gasteiger partial charge in [-0.05, 0) is 13.0 Å². The van der Waals surface area contributed by atoms with Crippen molar-refractivity contribution in [3.63, 3.8) is 0 Å². The molecule has 5 nitrogen and oxygen atoms in total. The Bertz CT molecular complexity index is 351. The highest BCUT2D eigenvalue weighted by atomic mass is 16.5. The van der Waals surface area contributed by atoms with Crippen molar-refractivity contribution in [3.8, 4) is 11.9 Å². The van der Waals surface area contributed by atoms with E-state index in [0.717, 1.165) is 19.5 Å². The normalized spacial score (nSPS) is 19.8. The van der Waals surface area contributed by atoms with Gasteiger partial charge < -0.3 is 10.1 Å². The Morgan fingerprint density at radius 2 is 2.47 bits per heavy atom. The summed E-state index contributed by atoms with van der Waals surface area (Å²) in [6, 6.07) is 1.91. The lowest BCUT2D eigenvalue weighted by Crippen LogP contribution is -2.15. The van der Waals surface area contributed by atoms with E-state index in [9.17, 15) is 0 Å². The summed E-state index contributed by atoms with van der Waals surface area (Å²) in [4.78, 5) is 7.86. The zero-order valence-electron chi connectivity index (χ0n) is 8.31. The fourth-order valence-corrected chi connectivity index (χ4v) is 1.51. The first kappa shape index (κ1) is 9.87. The van der Waals surface area contributed by atoms with E-state index in [4.69, 9.17) is 10.00 Å². The topological polar surface area (TPSA) is 70.8 Å². The number of rotatable bonds is 3. The van der Waals surface area contributed by atoms with Crippen LogP contribution in [0.3, 0.4) is 0 Å². The average molecular weight is 204 g/mol. The number of nitrogens with one attached hydrogen (secondary N) is 1. The molecule has 0 amide bonds. The van der Waals surface area contributed by atoms with Crippen LogP contribution < -0.4 is 10.1 Å². The number of nitriles is 1. The van der Waals surface area contributed by atoms with Gasteiger partial charge >= 0.3 is 0 Å². The second kappa shape index (κ2) is 4.71. The minimum absolute atomic E-state index is 0.310. The number of ether oxygens (including phenoxy) is 1. The molecule has 2 rings (SSSR count). The van der Waals surface area contributed by atoms with Crippen LogP contribution in [-0.2, 0) is 0 Å². The lowest BCUT2D eigenvalue weighted by atomic mass is 10.1. The Morgan fingerprint density at radius 3 is 3.07 bits per heavy atom. The quantitative estimate of drug-likeness (QED) is 0.768. The number of aromatic nitrogens is 2. The highest BCUT2D eigenvalue weighted by Gasteiger charge is 2.15. The maximum atomic E-state index is 8.53. The van der Waals surface area contributed by atoms with Crippen molar-refractivity contribution in [2.75, 3.05) is 19.7 Å². The predicted molar refractivity (Wildman–Crippen MR) is 53.2 cm³/mol. The van der Waals surface area contributed by atoms with Crippen molar-refractivity contribution >= 4 is 0 Å². The van der Waals surface area contributed by atoms with Gasteiger partial charge in [0.1, 0.15) is 6.07 Å². The first-order chi connectivity index (χ1) is 7.38. The molecule has 1 aliphatic heterocycles. The molecule has 15 heavy (non-hydrogen) atoms. The molecule has 0 saturated carbocycles. The Hall–Kier alpha value is -1.67. The van der Waals surface area contributed by atoms with E-state index in [1.54, 1.807) is 0 Å². The molecule has 1 aromatic heterocycles. The van der Waals surface area contributed by atoms with Crippen molar-refractivity contribution in [1.82, 2.24) is 15.3 Å². The lowest BCUT2D eigenvalue weighted by molar-refractivity contribution is 0.250. The number of nitrogens with zero attached hydrogens (tertiary/aromatic N) is 3. The lowest BCUT2D eigenvalue weighted by Gasteiger charge is -2.09. The van der Waals surface area contributed by atoms with Crippen LogP contribution in [0.15, 0.2) is 12.4 Å². The van der Waals surface area contributed by atoms with E-state index in [0.29, 0.717) is 24.1 Å². The molecule has 5 heteroatoms. The zero-order valence-corrected chi connectivity index (χ0v) is 8.31. The summed E-state index contributed by atoms with van der Waals surface area (Å²) in [6.07, 6.45) is 4.05. The van der Waals surface area contributed by atoms with Crippen LogP contribution >= 0.6 is 0 Å². The Kier molecular flexibility index (Phi) is 3.10. The van der Waals surface area contributed by atoms with Crippen LogP contribution in [-0.4, -0.2) is 29.7 Å². The van der Waals surface area contributed by atoms with Crippen molar-refractivity contribution in [2.24, 2.45) is 5.92 Å². The van der Waals surface area contributed by atoms with Gasteiger partial charge in [-0.3, -0.25) is 0 Å². The SMILES string of the molecule is N#Cc1cnc(OCC2CCNC2)cn1. The highest BCUT2D eigenvalue weighted by molar-refractivity contribution is 5.18. The molecule has 1 aromatic rings. The maximum Gasteiger partial charge on any atom is 0.232 e. The molecule has 1 saturated heterocycles. The monoisotopic (exact) mass is 204 g/mol. The molecular weight excluding hydrogens is 192 g/mol. The standard InChI is InChI=1S/C10H12N4O/c11-3-9-5-14-10(6-13-9)15-7-8-1-2-12-4-8/h5-6,8,12H,1-2,4,7H2. The summed E-state index contributed by atoms with van der Waals surface area (Å²) in [6.45, 7) is 2.73. The molecule has 78 valence electrons. The molecule has 0 spiro atoms. The highest BCUT2D eigenvalue weighted by Crippen LogP contribution is 2.10. The van der Waals surface area contributed by atoms with Gasteiger partial charge in [-0.25, -0.2) is 9.97 Å². The fourth-order valence-electron chi connectivity index (χ4n) is 1.51. The smallest absolute Gasteiger partial charge is 0.232 e. The molecular formula is C10H12N4O. The van der Waals surface area contributed by atoms with Gasteiger partial charge in [-0.2, -0.15) is 5.26 Å². The maximum absolute atomic E-state index is 8.53. The first-order valence-electron chi connectivity index (χ1n) is 4.94. The molecule has 0 aromatic carbocycles. The minimum Gasteiger partial charge on any atom is -0.476 e. The summed E-state index contributed by atoms with van der Waals surface area (Å²) in [5.74, 6) is 1.04. The van der Waals surface area contributed by atoms with Crippen LogP contribution in [0.2, 0.25) is 0 Å². The molecule has 0 aliphatic carbocycles. The van der Waals surface area contributed by atoms with Gasteiger partial charge in [-0.15, -0.1) is 0 Å². The molecule has 1 aliphatic rings. The van der Waals surface area contributed by atoms with E-state index in [2.05, 4.69) is 15.3 Å². The van der Waals surface area contributed by atoms with Crippen molar-refractivity contribution < 1.29 is 4.74 Å². The Balaban J connectivity index is 1.85. The van der Waals surface area contributed by atoms with E-state index in [-0.39, 0.29) is 0 Å². The van der Waals surface area contributed by atoms with Gasteiger partial charge in [0.15, 0.2) is 5.69 Å². The summed E-state index contributed by atoms with van der Waals surface area (Å²) < 4.78 is 5.47. The summed E-state index contributed by atoms with van der Waals surface area (Å²) >= 11 is 0. The number of hydrogen-bond donors (Lipinski definition) is 1. The van der Waals surface area contributed by atoms with E-state index in [1.165, 1.54) is 12.4 Å². The molecule has 1 unspecified atom stereocenters. The summed E-state index contributed by atoms with van der Waals surface area (Å²) in [7, 11) is 0. The first-order valence-corrected chi connectivity index (χ1v) is 4.94. The van der Waals surface area contributed by atoms with Crippen molar-refractivity contribution in [3.05, 3.63) is 18.1 Å². The van der Waals surface area contributed by atoms with Gasteiger partial charge in [0.05, 0.1) is 19.0 Å². The molecule has 1 atom stereocenters. The van der Waals surface area contributed by atoms with Gasteiger partial charge in [0.25, 0.3) is 0 Å². The molecule has 0 bridgehead atoms. The fraction of sp³-hybridized carbons (Fsp3) is 0.500. The van der Waals surface area contributed by atoms with Crippen LogP contribution in [0.1, 0.15) is 12.1 Å². The molecule has 0 radical (unpaired) electrons. The third-order valence-corrected chi connectivity index (χ3v) is 2.37. The summed E-state index contributed by atoms with van der Waals surface area (Å²) in [5.41, 5.74) is 0.310.